The molecule has 0 fully saturated rings. The van der Waals surface area contributed by atoms with E-state index >= 15 is 0 Å². The van der Waals surface area contributed by atoms with Gasteiger partial charge in [0.1, 0.15) is 0 Å². The molecule has 1 amide bonds. The first kappa shape index (κ1) is 16.3. The van der Waals surface area contributed by atoms with Gasteiger partial charge >= 0.3 is 0 Å². The predicted molar refractivity (Wildman–Crippen MR) is 98.4 cm³/mol. The molecule has 0 saturated carbocycles. The number of halogens is 1. The van der Waals surface area contributed by atoms with Crippen LogP contribution in [0.1, 0.15) is 27.2 Å². The molecule has 3 aromatic rings. The van der Waals surface area contributed by atoms with Gasteiger partial charge in [-0.25, -0.2) is 0 Å². The second kappa shape index (κ2) is 6.54. The van der Waals surface area contributed by atoms with Crippen molar-refractivity contribution in [1.82, 2.24) is 4.57 Å². The van der Waals surface area contributed by atoms with Crippen LogP contribution in [0.3, 0.4) is 0 Å². The number of aromatic nitrogens is 1. The summed E-state index contributed by atoms with van der Waals surface area (Å²) in [6, 6.07) is 17.8. The van der Waals surface area contributed by atoms with Crippen LogP contribution >= 0.6 is 11.6 Å². The normalized spacial score (nSPS) is 10.8. The van der Waals surface area contributed by atoms with E-state index in [0.29, 0.717) is 17.1 Å². The lowest BCUT2D eigenvalue weighted by Crippen LogP contribution is -2.12. The minimum absolute atomic E-state index is 0.418. The fourth-order valence-electron chi connectivity index (χ4n) is 2.86. The number of primary amides is 1. The summed E-state index contributed by atoms with van der Waals surface area (Å²) in [6.07, 6.45) is 0. The van der Waals surface area contributed by atoms with Crippen LogP contribution < -0.4 is 5.73 Å². The van der Waals surface area contributed by atoms with Crippen LogP contribution in [0, 0.1) is 13.8 Å². The topological polar surface area (TPSA) is 48.0 Å². The van der Waals surface area contributed by atoms with Gasteiger partial charge in [-0.15, -0.1) is 0 Å². The highest BCUT2D eigenvalue weighted by Gasteiger charge is 2.17. The van der Waals surface area contributed by atoms with Crippen LogP contribution in [0.5, 0.6) is 0 Å². The van der Waals surface area contributed by atoms with E-state index in [1.807, 2.05) is 44.2 Å². The maximum absolute atomic E-state index is 11.8. The van der Waals surface area contributed by atoms with E-state index in [4.69, 9.17) is 17.3 Å². The lowest BCUT2D eigenvalue weighted by molar-refractivity contribution is 0.0999. The number of hydrogen-bond donors (Lipinski definition) is 1. The highest BCUT2D eigenvalue weighted by molar-refractivity contribution is 6.31. The molecular formula is C20H19ClN2O. The Kier molecular flexibility index (Phi) is 4.45. The molecule has 0 radical (unpaired) electrons. The molecule has 3 nitrogen and oxygen atoms in total. The quantitative estimate of drug-likeness (QED) is 0.744. The number of nitrogens with zero attached hydrogens (tertiary/aromatic N) is 1. The molecule has 1 aromatic heterocycles. The third-order valence-electron chi connectivity index (χ3n) is 4.27. The lowest BCUT2D eigenvalue weighted by atomic mass is 10.1. The van der Waals surface area contributed by atoms with Gasteiger partial charge in [-0.2, -0.15) is 0 Å². The molecule has 0 aliphatic heterocycles. The molecule has 0 aliphatic carbocycles. The SMILES string of the molecule is Cc1ccc(-c2cc(C(N)=O)c(C)n2Cc2ccccc2Cl)cc1. The van der Waals surface area contributed by atoms with Gasteiger partial charge in [0.25, 0.3) is 5.91 Å². The van der Waals surface area contributed by atoms with E-state index in [1.165, 1.54) is 5.56 Å². The molecule has 24 heavy (non-hydrogen) atoms. The van der Waals surface area contributed by atoms with Crippen molar-refractivity contribution in [2.45, 2.75) is 20.4 Å². The molecule has 0 atom stereocenters. The zero-order valence-corrected chi connectivity index (χ0v) is 14.5. The molecule has 122 valence electrons. The van der Waals surface area contributed by atoms with Crippen LogP contribution in [0.4, 0.5) is 0 Å². The van der Waals surface area contributed by atoms with Crippen LogP contribution in [-0.2, 0) is 6.54 Å². The highest BCUT2D eigenvalue weighted by atomic mass is 35.5. The molecule has 0 bridgehead atoms. The molecule has 2 aromatic carbocycles. The van der Waals surface area contributed by atoms with Crippen molar-refractivity contribution >= 4 is 17.5 Å². The van der Waals surface area contributed by atoms with Crippen molar-refractivity contribution in [1.29, 1.82) is 0 Å². The number of rotatable bonds is 4. The van der Waals surface area contributed by atoms with E-state index in [-0.39, 0.29) is 0 Å². The molecule has 0 saturated heterocycles. The maximum atomic E-state index is 11.8. The predicted octanol–water partition coefficient (Wildman–Crippen LogP) is 4.57. The number of carbonyl (C=O) groups excluding carboxylic acids is 1. The minimum atomic E-state index is -0.418. The van der Waals surface area contributed by atoms with Gasteiger partial charge in [0.05, 0.1) is 5.56 Å². The van der Waals surface area contributed by atoms with Gasteiger partial charge in [0.2, 0.25) is 0 Å². The summed E-state index contributed by atoms with van der Waals surface area (Å²) in [5.74, 6) is -0.418. The fraction of sp³-hybridized carbons (Fsp3) is 0.150. The second-order valence-electron chi connectivity index (χ2n) is 5.94. The Labute approximate surface area is 146 Å². The second-order valence-corrected chi connectivity index (χ2v) is 6.34. The van der Waals surface area contributed by atoms with Crippen molar-refractivity contribution in [3.8, 4) is 11.3 Å². The third-order valence-corrected chi connectivity index (χ3v) is 4.63. The average molecular weight is 339 g/mol. The Morgan fingerprint density at radius 3 is 2.38 bits per heavy atom. The summed E-state index contributed by atoms with van der Waals surface area (Å²) >= 11 is 6.31. The van der Waals surface area contributed by atoms with E-state index in [1.54, 1.807) is 0 Å². The van der Waals surface area contributed by atoms with Gasteiger partial charge in [-0.05, 0) is 37.1 Å². The van der Waals surface area contributed by atoms with E-state index in [2.05, 4.69) is 28.8 Å². The Bertz CT molecular complexity index is 895. The van der Waals surface area contributed by atoms with E-state index < -0.39 is 5.91 Å². The van der Waals surface area contributed by atoms with E-state index in [9.17, 15) is 4.79 Å². The molecule has 2 N–H and O–H groups in total. The van der Waals surface area contributed by atoms with Gasteiger partial charge in [0, 0.05) is 23.0 Å². The standard InChI is InChI=1S/C20H19ClN2O/c1-13-7-9-15(10-8-13)19-11-17(20(22)24)14(2)23(19)12-16-5-3-4-6-18(16)21/h3-11H,12H2,1-2H3,(H2,22,24). The number of carbonyl (C=O) groups is 1. The number of aryl methyl sites for hydroxylation is 1. The largest absolute Gasteiger partial charge is 0.366 e. The van der Waals surface area contributed by atoms with Crippen LogP contribution in [-0.4, -0.2) is 10.5 Å². The van der Waals surface area contributed by atoms with Crippen molar-refractivity contribution in [3.63, 3.8) is 0 Å². The van der Waals surface area contributed by atoms with Crippen molar-refractivity contribution in [2.75, 3.05) is 0 Å². The van der Waals surface area contributed by atoms with Gasteiger partial charge in [0.15, 0.2) is 0 Å². The van der Waals surface area contributed by atoms with Crippen molar-refractivity contribution in [3.05, 3.63) is 82.0 Å². The summed E-state index contributed by atoms with van der Waals surface area (Å²) in [5, 5.41) is 0.709. The first-order chi connectivity index (χ1) is 11.5. The molecule has 4 heteroatoms. The maximum Gasteiger partial charge on any atom is 0.250 e. The van der Waals surface area contributed by atoms with Gasteiger partial charge in [-0.1, -0.05) is 59.6 Å². The summed E-state index contributed by atoms with van der Waals surface area (Å²) in [4.78, 5) is 11.8. The van der Waals surface area contributed by atoms with E-state index in [0.717, 1.165) is 22.5 Å². The Morgan fingerprint density at radius 2 is 1.75 bits per heavy atom. The number of hydrogen-bond acceptors (Lipinski definition) is 1. The third kappa shape index (κ3) is 3.08. The molecular weight excluding hydrogens is 320 g/mol. The summed E-state index contributed by atoms with van der Waals surface area (Å²) in [7, 11) is 0. The summed E-state index contributed by atoms with van der Waals surface area (Å²) < 4.78 is 2.09. The molecule has 1 heterocycles. The minimum Gasteiger partial charge on any atom is -0.366 e. The lowest BCUT2D eigenvalue weighted by Gasteiger charge is -2.13. The first-order valence-corrected chi connectivity index (χ1v) is 8.15. The summed E-state index contributed by atoms with van der Waals surface area (Å²) in [6.45, 7) is 4.54. The monoisotopic (exact) mass is 338 g/mol. The molecule has 0 spiro atoms. The molecule has 0 unspecified atom stereocenters. The number of benzene rings is 2. The summed E-state index contributed by atoms with van der Waals surface area (Å²) in [5.41, 5.74) is 11.1. The molecule has 3 rings (SSSR count). The van der Waals surface area contributed by atoms with Crippen molar-refractivity contribution < 1.29 is 4.79 Å². The first-order valence-electron chi connectivity index (χ1n) is 7.77. The zero-order valence-electron chi connectivity index (χ0n) is 13.7. The van der Waals surface area contributed by atoms with Crippen molar-refractivity contribution in [2.24, 2.45) is 5.73 Å². The van der Waals surface area contributed by atoms with Gasteiger partial charge < -0.3 is 10.3 Å². The van der Waals surface area contributed by atoms with Crippen LogP contribution in [0.25, 0.3) is 11.3 Å². The smallest absolute Gasteiger partial charge is 0.250 e. The Hall–Kier alpha value is -2.52. The Morgan fingerprint density at radius 1 is 1.08 bits per heavy atom. The fourth-order valence-corrected chi connectivity index (χ4v) is 3.05. The number of nitrogens with two attached hydrogens (primary N) is 1. The highest BCUT2D eigenvalue weighted by Crippen LogP contribution is 2.28. The molecule has 0 aliphatic rings. The Balaban J connectivity index is 2.14. The number of amides is 1. The van der Waals surface area contributed by atoms with Gasteiger partial charge in [-0.3, -0.25) is 4.79 Å². The van der Waals surface area contributed by atoms with Crippen LogP contribution in [0.15, 0.2) is 54.6 Å². The average Bonchev–Trinajstić information content (AvgIpc) is 2.88. The van der Waals surface area contributed by atoms with Crippen LogP contribution in [0.2, 0.25) is 5.02 Å². The zero-order chi connectivity index (χ0) is 17.3.